The topological polar surface area (TPSA) is 55.7 Å². The van der Waals surface area contributed by atoms with Crippen LogP contribution in [0.4, 0.5) is 0 Å². The van der Waals surface area contributed by atoms with Gasteiger partial charge >= 0.3 is 0 Å². The van der Waals surface area contributed by atoms with Gasteiger partial charge in [-0.05, 0) is 30.8 Å². The SMILES string of the molecule is CCN1CCN(Cc2nc(COC)nn2-c2ccc(OC)cc2)CC1. The number of methoxy groups -OCH3 is 2. The molecule has 7 heteroatoms. The van der Waals surface area contributed by atoms with Crippen LogP contribution in [0.3, 0.4) is 0 Å². The van der Waals surface area contributed by atoms with E-state index in [1.807, 2.05) is 28.9 Å². The molecule has 0 bridgehead atoms. The van der Waals surface area contributed by atoms with Crippen LogP contribution in [0.1, 0.15) is 18.6 Å². The summed E-state index contributed by atoms with van der Waals surface area (Å²) in [7, 11) is 3.33. The lowest BCUT2D eigenvalue weighted by atomic mass is 10.3. The summed E-state index contributed by atoms with van der Waals surface area (Å²) in [5.74, 6) is 2.49. The van der Waals surface area contributed by atoms with E-state index in [-0.39, 0.29) is 0 Å². The molecule has 0 radical (unpaired) electrons. The van der Waals surface area contributed by atoms with Crippen molar-refractivity contribution in [1.82, 2.24) is 24.6 Å². The molecule has 0 saturated carbocycles. The Morgan fingerprint density at radius 1 is 1.00 bits per heavy atom. The summed E-state index contributed by atoms with van der Waals surface area (Å²) < 4.78 is 12.4. The van der Waals surface area contributed by atoms with E-state index in [2.05, 4.69) is 21.8 Å². The van der Waals surface area contributed by atoms with Crippen LogP contribution in [0.2, 0.25) is 0 Å². The first kappa shape index (κ1) is 17.8. The third-order valence-electron chi connectivity index (χ3n) is 4.59. The van der Waals surface area contributed by atoms with Crippen molar-refractivity contribution in [3.63, 3.8) is 0 Å². The van der Waals surface area contributed by atoms with Gasteiger partial charge in [0, 0.05) is 33.3 Å². The Labute approximate surface area is 149 Å². The number of hydrogen-bond acceptors (Lipinski definition) is 6. The van der Waals surface area contributed by atoms with Crippen molar-refractivity contribution >= 4 is 0 Å². The Kier molecular flexibility index (Phi) is 6.01. The van der Waals surface area contributed by atoms with Gasteiger partial charge in [-0.25, -0.2) is 9.67 Å². The summed E-state index contributed by atoms with van der Waals surface area (Å²) in [6.45, 7) is 8.88. The average molecular weight is 345 g/mol. The van der Waals surface area contributed by atoms with Crippen LogP contribution in [0, 0.1) is 0 Å². The first-order chi connectivity index (χ1) is 12.2. The molecule has 0 N–H and O–H groups in total. The number of hydrogen-bond donors (Lipinski definition) is 0. The minimum absolute atomic E-state index is 0.416. The second-order valence-corrected chi connectivity index (χ2v) is 6.20. The van der Waals surface area contributed by atoms with E-state index in [0.29, 0.717) is 12.4 Å². The Morgan fingerprint density at radius 3 is 2.28 bits per heavy atom. The maximum Gasteiger partial charge on any atom is 0.177 e. The zero-order valence-corrected chi connectivity index (χ0v) is 15.3. The molecule has 1 aromatic carbocycles. The Hall–Kier alpha value is -1.96. The fraction of sp³-hybridized carbons (Fsp3) is 0.556. The van der Waals surface area contributed by atoms with E-state index < -0.39 is 0 Å². The molecule has 1 fully saturated rings. The minimum atomic E-state index is 0.416. The second kappa shape index (κ2) is 8.42. The summed E-state index contributed by atoms with van der Waals surface area (Å²) in [5.41, 5.74) is 0.984. The molecule has 1 aliphatic rings. The van der Waals surface area contributed by atoms with Gasteiger partial charge in [-0.1, -0.05) is 6.92 Å². The summed E-state index contributed by atoms with van der Waals surface area (Å²) >= 11 is 0. The maximum absolute atomic E-state index is 5.24. The number of likely N-dealkylation sites (N-methyl/N-ethyl adjacent to an activating group) is 1. The van der Waals surface area contributed by atoms with E-state index in [1.165, 1.54) is 0 Å². The maximum atomic E-state index is 5.24. The van der Waals surface area contributed by atoms with Crippen molar-refractivity contribution < 1.29 is 9.47 Å². The molecule has 25 heavy (non-hydrogen) atoms. The predicted molar refractivity (Wildman–Crippen MR) is 96.0 cm³/mol. The van der Waals surface area contributed by atoms with Crippen LogP contribution < -0.4 is 4.74 Å². The molecule has 0 amide bonds. The normalized spacial score (nSPS) is 16.3. The smallest absolute Gasteiger partial charge is 0.177 e. The van der Waals surface area contributed by atoms with Crippen LogP contribution in [0.5, 0.6) is 5.75 Å². The van der Waals surface area contributed by atoms with Crippen molar-refractivity contribution in [3.05, 3.63) is 35.9 Å². The van der Waals surface area contributed by atoms with Crippen LogP contribution in [-0.2, 0) is 17.9 Å². The highest BCUT2D eigenvalue weighted by Gasteiger charge is 2.19. The highest BCUT2D eigenvalue weighted by atomic mass is 16.5. The Bertz CT molecular complexity index is 663. The van der Waals surface area contributed by atoms with Gasteiger partial charge in [0.25, 0.3) is 0 Å². The summed E-state index contributed by atoms with van der Waals surface area (Å²) in [6.07, 6.45) is 0. The molecule has 0 atom stereocenters. The van der Waals surface area contributed by atoms with E-state index in [9.17, 15) is 0 Å². The van der Waals surface area contributed by atoms with E-state index >= 15 is 0 Å². The zero-order valence-electron chi connectivity index (χ0n) is 15.3. The second-order valence-electron chi connectivity index (χ2n) is 6.20. The largest absolute Gasteiger partial charge is 0.497 e. The fourth-order valence-electron chi connectivity index (χ4n) is 3.08. The number of piperazine rings is 1. The summed E-state index contributed by atoms with van der Waals surface area (Å²) in [6, 6.07) is 7.89. The quantitative estimate of drug-likeness (QED) is 0.759. The first-order valence-electron chi connectivity index (χ1n) is 8.76. The third-order valence-corrected chi connectivity index (χ3v) is 4.59. The molecular formula is C18H27N5O2. The van der Waals surface area contributed by atoms with Crippen LogP contribution in [0.15, 0.2) is 24.3 Å². The van der Waals surface area contributed by atoms with Gasteiger partial charge in [0.2, 0.25) is 0 Å². The molecule has 2 aromatic rings. The van der Waals surface area contributed by atoms with Crippen molar-refractivity contribution in [2.75, 3.05) is 46.9 Å². The standard InChI is InChI=1S/C18H27N5O2/c1-4-21-9-11-22(12-10-21)13-18-19-17(14-24-2)20-23(18)15-5-7-16(25-3)8-6-15/h5-8H,4,9-14H2,1-3H3. The molecule has 2 heterocycles. The number of rotatable bonds is 7. The number of benzene rings is 1. The monoisotopic (exact) mass is 345 g/mol. The third kappa shape index (κ3) is 4.36. The van der Waals surface area contributed by atoms with Crippen molar-refractivity contribution in [3.8, 4) is 11.4 Å². The van der Waals surface area contributed by atoms with E-state index in [1.54, 1.807) is 14.2 Å². The lowest BCUT2D eigenvalue weighted by Gasteiger charge is -2.33. The van der Waals surface area contributed by atoms with Crippen LogP contribution in [0.25, 0.3) is 5.69 Å². The fourth-order valence-corrected chi connectivity index (χ4v) is 3.08. The van der Waals surface area contributed by atoms with Crippen molar-refractivity contribution in [1.29, 1.82) is 0 Å². The molecule has 0 unspecified atom stereocenters. The molecule has 1 aliphatic heterocycles. The van der Waals surface area contributed by atoms with Gasteiger partial charge in [0.15, 0.2) is 5.82 Å². The summed E-state index contributed by atoms with van der Waals surface area (Å²) in [5, 5.41) is 4.62. The van der Waals surface area contributed by atoms with Crippen molar-refractivity contribution in [2.45, 2.75) is 20.1 Å². The highest BCUT2D eigenvalue weighted by molar-refractivity contribution is 5.37. The van der Waals surface area contributed by atoms with Gasteiger partial charge in [0.05, 0.1) is 19.3 Å². The van der Waals surface area contributed by atoms with E-state index in [0.717, 1.165) is 56.5 Å². The molecule has 7 nitrogen and oxygen atoms in total. The van der Waals surface area contributed by atoms with E-state index in [4.69, 9.17) is 14.5 Å². The zero-order chi connectivity index (χ0) is 17.6. The molecule has 0 spiro atoms. The molecule has 136 valence electrons. The Morgan fingerprint density at radius 2 is 1.68 bits per heavy atom. The molecule has 1 aromatic heterocycles. The highest BCUT2D eigenvalue weighted by Crippen LogP contribution is 2.17. The number of aromatic nitrogens is 3. The van der Waals surface area contributed by atoms with Gasteiger partial charge in [0.1, 0.15) is 18.2 Å². The van der Waals surface area contributed by atoms with Gasteiger partial charge in [-0.2, -0.15) is 0 Å². The number of nitrogens with zero attached hydrogens (tertiary/aromatic N) is 5. The van der Waals surface area contributed by atoms with Gasteiger partial charge in [-0.15, -0.1) is 5.10 Å². The molecule has 3 rings (SSSR count). The minimum Gasteiger partial charge on any atom is -0.497 e. The van der Waals surface area contributed by atoms with Crippen LogP contribution >= 0.6 is 0 Å². The van der Waals surface area contributed by atoms with Crippen molar-refractivity contribution in [2.24, 2.45) is 0 Å². The average Bonchev–Trinajstić information content (AvgIpc) is 3.05. The first-order valence-corrected chi connectivity index (χ1v) is 8.76. The molecule has 1 saturated heterocycles. The van der Waals surface area contributed by atoms with Gasteiger partial charge in [-0.3, -0.25) is 4.90 Å². The summed E-state index contributed by atoms with van der Waals surface area (Å²) in [4.78, 5) is 9.60. The Balaban J connectivity index is 1.79. The van der Waals surface area contributed by atoms with Crippen LogP contribution in [-0.4, -0.2) is 71.5 Å². The molecular weight excluding hydrogens is 318 g/mol. The van der Waals surface area contributed by atoms with Gasteiger partial charge < -0.3 is 14.4 Å². The number of ether oxygens (including phenoxy) is 2. The lowest BCUT2D eigenvalue weighted by Crippen LogP contribution is -2.45. The lowest BCUT2D eigenvalue weighted by molar-refractivity contribution is 0.129. The molecule has 0 aliphatic carbocycles. The predicted octanol–water partition coefficient (Wildman–Crippen LogP) is 1.56.